The molecule has 1 amide bonds. The Hall–Kier alpha value is -2.67. The van der Waals surface area contributed by atoms with Crippen molar-refractivity contribution >= 4 is 34.5 Å². The predicted octanol–water partition coefficient (Wildman–Crippen LogP) is 1.90. The van der Waals surface area contributed by atoms with E-state index in [9.17, 15) is 4.79 Å². The first kappa shape index (κ1) is 15.8. The number of carbonyl (C=O) groups excluding carboxylic acids is 1. The van der Waals surface area contributed by atoms with Gasteiger partial charge in [-0.3, -0.25) is 4.79 Å². The highest BCUT2D eigenvalue weighted by molar-refractivity contribution is 6.30. The normalized spacial score (nSPS) is 14.9. The Morgan fingerprint density at radius 2 is 2.00 bits per heavy atom. The summed E-state index contributed by atoms with van der Waals surface area (Å²) in [6, 6.07) is 7.45. The van der Waals surface area contributed by atoms with Gasteiger partial charge in [0, 0.05) is 31.2 Å². The summed E-state index contributed by atoms with van der Waals surface area (Å²) in [5.41, 5.74) is 2.43. The largest absolute Gasteiger partial charge is 0.351 e. The molecule has 8 heteroatoms. The zero-order valence-corrected chi connectivity index (χ0v) is 14.3. The molecule has 0 aliphatic carbocycles. The van der Waals surface area contributed by atoms with Crippen LogP contribution in [0.1, 0.15) is 5.56 Å². The molecule has 3 heterocycles. The molecule has 1 aromatic carbocycles. The minimum Gasteiger partial charge on any atom is -0.351 e. The van der Waals surface area contributed by atoms with Crippen molar-refractivity contribution in [3.8, 4) is 0 Å². The number of halogens is 1. The molecule has 3 aromatic rings. The number of nitrogens with zero attached hydrogens (tertiary/aromatic N) is 5. The number of piperazine rings is 1. The number of benzene rings is 1. The van der Waals surface area contributed by atoms with Crippen LogP contribution in [-0.2, 0) is 11.2 Å². The van der Waals surface area contributed by atoms with Gasteiger partial charge in [0.2, 0.25) is 5.91 Å². The Kier molecular flexibility index (Phi) is 4.23. The molecule has 1 aliphatic heterocycles. The van der Waals surface area contributed by atoms with Gasteiger partial charge in [-0.2, -0.15) is 0 Å². The lowest BCUT2D eigenvalue weighted by Gasteiger charge is -2.35. The smallest absolute Gasteiger partial charge is 0.227 e. The van der Waals surface area contributed by atoms with E-state index in [-0.39, 0.29) is 5.91 Å². The van der Waals surface area contributed by atoms with E-state index in [1.54, 1.807) is 6.33 Å². The van der Waals surface area contributed by atoms with E-state index in [1.165, 1.54) is 6.33 Å². The highest BCUT2D eigenvalue weighted by Crippen LogP contribution is 2.21. The third-order valence-electron chi connectivity index (χ3n) is 4.38. The summed E-state index contributed by atoms with van der Waals surface area (Å²) in [6.45, 7) is 2.79. The second kappa shape index (κ2) is 6.68. The van der Waals surface area contributed by atoms with Gasteiger partial charge < -0.3 is 14.8 Å². The maximum atomic E-state index is 12.5. The summed E-state index contributed by atoms with van der Waals surface area (Å²) in [7, 11) is 0. The molecule has 0 atom stereocenters. The van der Waals surface area contributed by atoms with E-state index < -0.39 is 0 Å². The second-order valence-corrected chi connectivity index (χ2v) is 6.41. The number of amides is 1. The van der Waals surface area contributed by atoms with Crippen LogP contribution in [0.5, 0.6) is 0 Å². The number of imidazole rings is 1. The first-order valence-electron chi connectivity index (χ1n) is 8.12. The van der Waals surface area contributed by atoms with Crippen LogP contribution >= 0.6 is 11.6 Å². The molecule has 0 saturated carbocycles. The summed E-state index contributed by atoms with van der Waals surface area (Å²) < 4.78 is 0. The molecule has 2 aromatic heterocycles. The topological polar surface area (TPSA) is 78.0 Å². The fraction of sp³-hybridized carbons (Fsp3) is 0.294. The number of anilines is 1. The molecule has 1 saturated heterocycles. The van der Waals surface area contributed by atoms with Gasteiger partial charge in [0.15, 0.2) is 11.5 Å². The van der Waals surface area contributed by atoms with Gasteiger partial charge in [0.25, 0.3) is 0 Å². The zero-order chi connectivity index (χ0) is 17.2. The number of carbonyl (C=O) groups is 1. The van der Waals surface area contributed by atoms with Crippen molar-refractivity contribution in [2.75, 3.05) is 31.1 Å². The maximum Gasteiger partial charge on any atom is 0.227 e. The molecule has 128 valence electrons. The van der Waals surface area contributed by atoms with Gasteiger partial charge in [0.05, 0.1) is 12.7 Å². The minimum atomic E-state index is 0.122. The lowest BCUT2D eigenvalue weighted by atomic mass is 10.1. The van der Waals surface area contributed by atoms with Gasteiger partial charge in [0.1, 0.15) is 11.8 Å². The highest BCUT2D eigenvalue weighted by atomic mass is 35.5. The van der Waals surface area contributed by atoms with Crippen LogP contribution < -0.4 is 4.90 Å². The van der Waals surface area contributed by atoms with Crippen LogP contribution in [0, 0.1) is 0 Å². The lowest BCUT2D eigenvalue weighted by Crippen LogP contribution is -2.49. The number of aromatic nitrogens is 4. The molecule has 4 rings (SSSR count). The molecular weight excluding hydrogens is 340 g/mol. The summed E-state index contributed by atoms with van der Waals surface area (Å²) >= 11 is 5.99. The van der Waals surface area contributed by atoms with Crippen molar-refractivity contribution in [1.29, 1.82) is 0 Å². The molecule has 25 heavy (non-hydrogen) atoms. The van der Waals surface area contributed by atoms with E-state index in [4.69, 9.17) is 11.6 Å². The monoisotopic (exact) mass is 356 g/mol. The first-order chi connectivity index (χ1) is 12.2. The van der Waals surface area contributed by atoms with Gasteiger partial charge >= 0.3 is 0 Å². The minimum absolute atomic E-state index is 0.122. The summed E-state index contributed by atoms with van der Waals surface area (Å²) in [5.74, 6) is 0.959. The Bertz CT molecular complexity index is 903. The van der Waals surface area contributed by atoms with Crippen molar-refractivity contribution in [2.45, 2.75) is 6.42 Å². The van der Waals surface area contributed by atoms with Crippen LogP contribution in [0.15, 0.2) is 36.9 Å². The van der Waals surface area contributed by atoms with Crippen LogP contribution in [0.2, 0.25) is 5.02 Å². The first-order valence-corrected chi connectivity index (χ1v) is 8.50. The molecule has 1 aliphatic rings. The third kappa shape index (κ3) is 3.28. The van der Waals surface area contributed by atoms with E-state index in [1.807, 2.05) is 29.2 Å². The maximum absolute atomic E-state index is 12.5. The molecule has 7 nitrogen and oxygen atoms in total. The average molecular weight is 357 g/mol. The number of aromatic amines is 1. The molecular formula is C17H17ClN6O. The molecule has 1 fully saturated rings. The SMILES string of the molecule is O=C(Cc1cccc(Cl)c1)N1CCN(c2ncnc3nc[nH]c23)CC1. The Morgan fingerprint density at radius 3 is 2.80 bits per heavy atom. The number of fused-ring (bicyclic) bond motifs is 1. The summed E-state index contributed by atoms with van der Waals surface area (Å²) in [4.78, 5) is 32.3. The second-order valence-electron chi connectivity index (χ2n) is 5.97. The Balaban J connectivity index is 1.41. The van der Waals surface area contributed by atoms with Crippen molar-refractivity contribution < 1.29 is 4.79 Å². The lowest BCUT2D eigenvalue weighted by molar-refractivity contribution is -0.130. The van der Waals surface area contributed by atoms with Gasteiger partial charge in [-0.05, 0) is 17.7 Å². The van der Waals surface area contributed by atoms with Gasteiger partial charge in [-0.1, -0.05) is 23.7 Å². The number of hydrogen-bond acceptors (Lipinski definition) is 5. The molecule has 0 radical (unpaired) electrons. The van der Waals surface area contributed by atoms with E-state index in [0.29, 0.717) is 30.2 Å². The molecule has 0 bridgehead atoms. The quantitative estimate of drug-likeness (QED) is 0.775. The molecule has 1 N–H and O–H groups in total. The summed E-state index contributed by atoms with van der Waals surface area (Å²) in [6.07, 6.45) is 3.52. The fourth-order valence-corrected chi connectivity index (χ4v) is 3.31. The van der Waals surface area contributed by atoms with Gasteiger partial charge in [-0.25, -0.2) is 15.0 Å². The van der Waals surface area contributed by atoms with Crippen molar-refractivity contribution in [3.05, 3.63) is 47.5 Å². The van der Waals surface area contributed by atoms with Crippen LogP contribution in [0.4, 0.5) is 5.82 Å². The molecule has 0 spiro atoms. The number of H-pyrrole nitrogens is 1. The van der Waals surface area contributed by atoms with E-state index >= 15 is 0 Å². The van der Waals surface area contributed by atoms with Gasteiger partial charge in [-0.15, -0.1) is 0 Å². The fourth-order valence-electron chi connectivity index (χ4n) is 3.09. The number of rotatable bonds is 3. The van der Waals surface area contributed by atoms with Crippen LogP contribution in [0.3, 0.4) is 0 Å². The average Bonchev–Trinajstić information content (AvgIpc) is 3.10. The molecule has 0 unspecified atom stereocenters. The van der Waals surface area contributed by atoms with E-state index in [0.717, 1.165) is 30.0 Å². The Morgan fingerprint density at radius 1 is 1.16 bits per heavy atom. The number of nitrogens with one attached hydrogen (secondary N) is 1. The predicted molar refractivity (Wildman–Crippen MR) is 95.6 cm³/mol. The van der Waals surface area contributed by atoms with Crippen LogP contribution in [-0.4, -0.2) is 56.9 Å². The number of hydrogen-bond donors (Lipinski definition) is 1. The van der Waals surface area contributed by atoms with Crippen molar-refractivity contribution in [3.63, 3.8) is 0 Å². The van der Waals surface area contributed by atoms with Crippen molar-refractivity contribution in [2.24, 2.45) is 0 Å². The Labute approximate surface area is 149 Å². The third-order valence-corrected chi connectivity index (χ3v) is 4.61. The van der Waals surface area contributed by atoms with Crippen LogP contribution in [0.25, 0.3) is 11.2 Å². The van der Waals surface area contributed by atoms with E-state index in [2.05, 4.69) is 24.8 Å². The van der Waals surface area contributed by atoms with Crippen molar-refractivity contribution in [1.82, 2.24) is 24.8 Å². The summed E-state index contributed by atoms with van der Waals surface area (Å²) in [5, 5.41) is 0.655. The highest BCUT2D eigenvalue weighted by Gasteiger charge is 2.23. The standard InChI is InChI=1S/C17H17ClN6O/c18-13-3-1-2-12(8-13)9-14(25)23-4-6-24(7-5-23)17-15-16(20-10-19-15)21-11-22-17/h1-3,8,10-11H,4-7,9H2,(H,19,20,21,22). The zero-order valence-electron chi connectivity index (χ0n) is 13.5.